The Morgan fingerprint density at radius 1 is 0.667 bits per heavy atom. The Morgan fingerprint density at radius 3 is 1.91 bits per heavy atom. The first-order valence-electron chi connectivity index (χ1n) is 23.9. The molecule has 0 saturated carbocycles. The van der Waals surface area contributed by atoms with Gasteiger partial charge in [0.15, 0.2) is 41.6 Å². The third kappa shape index (κ3) is 21.6. The third-order valence-corrected chi connectivity index (χ3v) is 11.7. The SMILES string of the molecule is COc1ccccc1Oc1c(OCCOC(=O)OCCOCCON(O)O)nc(-c2ccnc(-c3nnnn3COC(=O)OCCCCON(O)O)c2)nc1N(COC(=O)OCCCCON(O)O)S(=O)(=O)c1ccc(C(C)C)cn1. The summed E-state index contributed by atoms with van der Waals surface area (Å²) >= 11 is 0. The highest BCUT2D eigenvalue weighted by Crippen LogP contribution is 2.44. The summed E-state index contributed by atoms with van der Waals surface area (Å²) in [6.07, 6.45) is -0.0928. The molecule has 0 atom stereocenters. The zero-order valence-corrected chi connectivity index (χ0v) is 44.3. The number of tetrazole rings is 1. The smallest absolute Gasteiger partial charge is 0.493 e. The molecule has 4 aromatic heterocycles. The average Bonchev–Trinajstić information content (AvgIpc) is 3.81. The summed E-state index contributed by atoms with van der Waals surface area (Å²) in [7, 11) is -3.66. The predicted octanol–water partition coefficient (Wildman–Crippen LogP) is 4.07. The molecule has 0 aliphatic rings. The number of benzene rings is 1. The molecule has 0 aliphatic carbocycles. The van der Waals surface area contributed by atoms with Crippen molar-refractivity contribution in [3.8, 4) is 46.0 Å². The normalized spacial score (nSPS) is 11.5. The van der Waals surface area contributed by atoms with Gasteiger partial charge in [-0.1, -0.05) is 32.0 Å². The molecule has 5 aromatic rings. The summed E-state index contributed by atoms with van der Waals surface area (Å²) in [5.41, 5.74) is 0.766. The van der Waals surface area contributed by atoms with Crippen molar-refractivity contribution in [3.05, 3.63) is 66.5 Å². The molecule has 0 aliphatic heterocycles. The third-order valence-electron chi connectivity index (χ3n) is 10.1. The number of hydrogen-bond acceptors (Lipinski definition) is 34. The number of nitrogens with zero attached hydrogens (tertiary/aromatic N) is 12. The molecule has 1 aromatic carbocycles. The van der Waals surface area contributed by atoms with Crippen LogP contribution in [0.5, 0.6) is 23.1 Å². The van der Waals surface area contributed by atoms with E-state index < -0.39 is 93.8 Å². The molecule has 0 radical (unpaired) electrons. The van der Waals surface area contributed by atoms with Gasteiger partial charge in [0.05, 0.1) is 69.5 Å². The van der Waals surface area contributed by atoms with Crippen LogP contribution in [0.25, 0.3) is 22.9 Å². The van der Waals surface area contributed by atoms with Crippen LogP contribution in [0, 0.1) is 0 Å². The molecule has 0 saturated heterocycles. The lowest BCUT2D eigenvalue weighted by molar-refractivity contribution is -0.493. The Balaban J connectivity index is 1.56. The lowest BCUT2D eigenvalue weighted by Crippen LogP contribution is -2.36. The van der Waals surface area contributed by atoms with Gasteiger partial charge in [0.25, 0.3) is 15.9 Å². The Labute approximate surface area is 459 Å². The highest BCUT2D eigenvalue weighted by molar-refractivity contribution is 7.92. The first kappa shape index (κ1) is 63.9. The van der Waals surface area contributed by atoms with Gasteiger partial charge >= 0.3 is 18.5 Å². The van der Waals surface area contributed by atoms with E-state index >= 15 is 8.42 Å². The second-order valence-corrected chi connectivity index (χ2v) is 17.8. The number of anilines is 1. The average molecular weight is 1170 g/mol. The van der Waals surface area contributed by atoms with Crippen LogP contribution in [0.3, 0.4) is 0 Å². The number of methoxy groups -OCH3 is 1. The standard InChI is InChI=1S/C44H58N12O24S/c1-30(2)32-12-13-36(46-27-32)81(66,67)53(29-76-44(59)72-17-7-9-19-78-55(62)63)40-37(80-35-11-5-4-10-34(35)68-3)41(70-23-24-74-42(57)73-22-20-69-21-25-79-56(64)65)48-38(47-40)31-14-15-45-33(26-31)39-49-50-51-52(39)28-75-43(58)71-16-6-8-18-77-54(60)61/h4-5,10-15,26-27,30,60-65H,6-9,16-25,28-29H2,1-3H3. The highest BCUT2D eigenvalue weighted by atomic mass is 32.2. The number of sulfonamides is 1. The number of hydrogen-bond donors (Lipinski definition) is 6. The van der Waals surface area contributed by atoms with Crippen molar-refractivity contribution in [3.63, 3.8) is 0 Å². The van der Waals surface area contributed by atoms with Crippen LogP contribution in [0.15, 0.2) is 66.0 Å². The molecule has 5 rings (SSSR count). The monoisotopic (exact) mass is 1170 g/mol. The molecule has 0 bridgehead atoms. The van der Waals surface area contributed by atoms with Crippen molar-refractivity contribution in [2.75, 3.05) is 84.2 Å². The fraction of sp³-hybridized carbons (Fsp3) is 0.455. The van der Waals surface area contributed by atoms with Crippen molar-refractivity contribution in [2.24, 2.45) is 0 Å². The van der Waals surface area contributed by atoms with Gasteiger partial charge in [-0.15, -0.1) is 5.10 Å². The van der Waals surface area contributed by atoms with E-state index in [0.717, 1.165) is 4.68 Å². The quantitative estimate of drug-likeness (QED) is 0.0108. The Kier molecular flexibility index (Phi) is 26.6. The Hall–Kier alpha value is -7.89. The lowest BCUT2D eigenvalue weighted by atomic mass is 10.1. The molecule has 0 amide bonds. The molecule has 0 unspecified atom stereocenters. The van der Waals surface area contributed by atoms with Crippen molar-refractivity contribution < 1.29 is 116 Å². The van der Waals surface area contributed by atoms with E-state index in [1.54, 1.807) is 12.1 Å². The first-order valence-corrected chi connectivity index (χ1v) is 25.4. The first-order chi connectivity index (χ1) is 39.0. The minimum Gasteiger partial charge on any atom is -0.493 e. The molecule has 36 nitrogen and oxygen atoms in total. The van der Waals surface area contributed by atoms with Gasteiger partial charge < -0.3 is 47.4 Å². The Morgan fingerprint density at radius 2 is 1.27 bits per heavy atom. The summed E-state index contributed by atoms with van der Waals surface area (Å²) < 4.78 is 85.9. The Bertz CT molecular complexity index is 2840. The summed E-state index contributed by atoms with van der Waals surface area (Å²) in [6, 6.07) is 11.7. The highest BCUT2D eigenvalue weighted by Gasteiger charge is 2.35. The number of aromatic nitrogens is 8. The molecule has 0 fully saturated rings. The van der Waals surface area contributed by atoms with Gasteiger partial charge in [-0.3, -0.25) is 45.9 Å². The van der Waals surface area contributed by atoms with Gasteiger partial charge in [-0.05, 0) is 77.9 Å². The van der Waals surface area contributed by atoms with E-state index in [9.17, 15) is 14.4 Å². The van der Waals surface area contributed by atoms with E-state index in [-0.39, 0.29) is 112 Å². The van der Waals surface area contributed by atoms with Crippen LogP contribution in [-0.4, -0.2) is 194 Å². The van der Waals surface area contributed by atoms with E-state index in [1.807, 2.05) is 13.8 Å². The van der Waals surface area contributed by atoms with E-state index in [4.69, 9.17) is 78.6 Å². The van der Waals surface area contributed by atoms with E-state index in [1.165, 1.54) is 55.9 Å². The number of carbonyl (C=O) groups excluding carboxylic acids is 3. The lowest BCUT2D eigenvalue weighted by Gasteiger charge is -2.26. The van der Waals surface area contributed by atoms with Crippen LogP contribution in [0.1, 0.15) is 51.0 Å². The van der Waals surface area contributed by atoms with Gasteiger partial charge in [0.2, 0.25) is 11.6 Å². The van der Waals surface area contributed by atoms with Crippen LogP contribution in [0.4, 0.5) is 20.2 Å². The number of ether oxygens (including phenoxy) is 10. The largest absolute Gasteiger partial charge is 0.510 e. The van der Waals surface area contributed by atoms with E-state index in [2.05, 4.69) is 50.0 Å². The van der Waals surface area contributed by atoms with Crippen molar-refractivity contribution in [2.45, 2.75) is 57.2 Å². The fourth-order valence-corrected chi connectivity index (χ4v) is 7.41. The maximum Gasteiger partial charge on any atom is 0.510 e. The molecule has 444 valence electrons. The van der Waals surface area contributed by atoms with Crippen molar-refractivity contribution >= 4 is 34.3 Å². The van der Waals surface area contributed by atoms with E-state index in [0.29, 0.717) is 16.3 Å². The zero-order chi connectivity index (χ0) is 58.6. The topological polar surface area (TPSA) is 435 Å². The molecule has 37 heteroatoms. The number of carbonyl (C=O) groups is 3. The van der Waals surface area contributed by atoms with Gasteiger partial charge in [-0.25, -0.2) is 33.5 Å². The summed E-state index contributed by atoms with van der Waals surface area (Å²) in [5, 5.41) is 61.7. The number of rotatable bonds is 36. The second kappa shape index (κ2) is 33.6. The summed E-state index contributed by atoms with van der Waals surface area (Å²) in [6.45, 7) is -0.448. The fourth-order valence-electron chi connectivity index (χ4n) is 6.22. The van der Waals surface area contributed by atoms with Crippen LogP contribution in [-0.2, 0) is 64.4 Å². The zero-order valence-electron chi connectivity index (χ0n) is 43.5. The van der Waals surface area contributed by atoms with Gasteiger partial charge in [-0.2, -0.15) is 18.1 Å². The summed E-state index contributed by atoms with van der Waals surface area (Å²) in [5.74, 6) is -2.08. The van der Waals surface area contributed by atoms with Crippen molar-refractivity contribution in [1.82, 2.24) is 56.3 Å². The molecule has 81 heavy (non-hydrogen) atoms. The van der Waals surface area contributed by atoms with Gasteiger partial charge in [0.1, 0.15) is 25.5 Å². The minimum atomic E-state index is -4.99. The molecular formula is C44H58N12O24S. The molecule has 4 heterocycles. The van der Waals surface area contributed by atoms with Gasteiger partial charge in [0, 0.05) is 18.0 Å². The maximum atomic E-state index is 15.1. The second-order valence-electron chi connectivity index (χ2n) is 16.0. The molecule has 0 spiro atoms. The van der Waals surface area contributed by atoms with Crippen LogP contribution >= 0.6 is 0 Å². The predicted molar refractivity (Wildman–Crippen MR) is 259 cm³/mol. The molecular weight excluding hydrogens is 1110 g/mol. The number of pyridine rings is 2. The van der Waals surface area contributed by atoms with Crippen molar-refractivity contribution in [1.29, 1.82) is 0 Å². The molecule has 6 N–H and O–H groups in total. The number of para-hydroxylation sites is 2. The maximum absolute atomic E-state index is 15.1. The van der Waals surface area contributed by atoms with Crippen LogP contribution in [0.2, 0.25) is 0 Å². The van der Waals surface area contributed by atoms with Crippen LogP contribution < -0.4 is 18.5 Å². The summed E-state index contributed by atoms with van der Waals surface area (Å²) in [4.78, 5) is 69.3. The minimum absolute atomic E-state index is 0.0208. The number of unbranched alkanes of at least 4 members (excludes halogenated alkanes) is 2.